The third kappa shape index (κ3) is 3.88. The zero-order valence-electron chi connectivity index (χ0n) is 17.8. The number of nitrogens with zero attached hydrogens (tertiary/aromatic N) is 3. The van der Waals surface area contributed by atoms with E-state index in [1.54, 1.807) is 6.20 Å². The molecule has 8 nitrogen and oxygen atoms in total. The molecule has 1 fully saturated rings. The van der Waals surface area contributed by atoms with Crippen LogP contribution in [0.5, 0.6) is 0 Å². The highest BCUT2D eigenvalue weighted by atomic mass is 16.5. The molecule has 1 aromatic carbocycles. The van der Waals surface area contributed by atoms with E-state index >= 15 is 0 Å². The number of nitrogen functional groups attached to an aromatic ring is 1. The molecule has 0 amide bonds. The Morgan fingerprint density at radius 3 is 2.56 bits per heavy atom. The number of ether oxygens (including phenoxy) is 1. The molecule has 3 aromatic heterocycles. The number of aromatic nitrogens is 3. The van der Waals surface area contributed by atoms with Crippen LogP contribution in [0.1, 0.15) is 5.69 Å². The van der Waals surface area contributed by atoms with E-state index in [1.807, 2.05) is 43.3 Å². The monoisotopic (exact) mass is 428 g/mol. The van der Waals surface area contributed by atoms with Gasteiger partial charge in [-0.05, 0) is 60.8 Å². The van der Waals surface area contributed by atoms with Crippen LogP contribution in [0.2, 0.25) is 0 Å². The molecule has 32 heavy (non-hydrogen) atoms. The van der Waals surface area contributed by atoms with Crippen LogP contribution >= 0.6 is 0 Å². The fourth-order valence-electron chi connectivity index (χ4n) is 3.86. The molecule has 0 radical (unpaired) electrons. The van der Waals surface area contributed by atoms with Gasteiger partial charge in [-0.2, -0.15) is 0 Å². The Kier molecular flexibility index (Phi) is 5.20. The number of rotatable bonds is 4. The zero-order chi connectivity index (χ0) is 22.1. The van der Waals surface area contributed by atoms with Crippen LogP contribution in [-0.4, -0.2) is 41.3 Å². The summed E-state index contributed by atoms with van der Waals surface area (Å²) < 4.78 is 5.43. The van der Waals surface area contributed by atoms with Crippen molar-refractivity contribution >= 4 is 33.7 Å². The van der Waals surface area contributed by atoms with Gasteiger partial charge in [0.25, 0.3) is 5.56 Å². The largest absolute Gasteiger partial charge is 0.397 e. The number of nitrogens with one attached hydrogen (secondary N) is 2. The Morgan fingerprint density at radius 1 is 1.03 bits per heavy atom. The van der Waals surface area contributed by atoms with Gasteiger partial charge < -0.3 is 25.7 Å². The topological polar surface area (TPSA) is 109 Å². The molecule has 1 aliphatic rings. The number of benzene rings is 1. The van der Waals surface area contributed by atoms with Crippen molar-refractivity contribution in [1.29, 1.82) is 0 Å². The molecular weight excluding hydrogens is 404 g/mol. The van der Waals surface area contributed by atoms with E-state index in [1.165, 1.54) is 0 Å². The highest BCUT2D eigenvalue weighted by molar-refractivity contribution is 5.95. The van der Waals surface area contributed by atoms with Gasteiger partial charge in [0.05, 0.1) is 41.4 Å². The van der Waals surface area contributed by atoms with Crippen LogP contribution in [0.3, 0.4) is 0 Å². The second-order valence-corrected chi connectivity index (χ2v) is 7.77. The number of hydrogen-bond acceptors (Lipinski definition) is 7. The number of fused-ring (bicyclic) bond motifs is 1. The van der Waals surface area contributed by atoms with E-state index < -0.39 is 0 Å². The molecule has 0 atom stereocenters. The van der Waals surface area contributed by atoms with E-state index in [0.717, 1.165) is 48.8 Å². The number of aromatic amines is 1. The molecule has 0 unspecified atom stereocenters. The van der Waals surface area contributed by atoms with E-state index in [2.05, 4.69) is 32.3 Å². The highest BCUT2D eigenvalue weighted by Gasteiger charge is 2.14. The summed E-state index contributed by atoms with van der Waals surface area (Å²) in [5.41, 5.74) is 10.4. The predicted octanol–water partition coefficient (Wildman–Crippen LogP) is 3.46. The molecule has 4 aromatic rings. The molecule has 1 aliphatic heterocycles. The van der Waals surface area contributed by atoms with Gasteiger partial charge in [-0.3, -0.25) is 4.79 Å². The summed E-state index contributed by atoms with van der Waals surface area (Å²) in [6.45, 7) is 5.10. The Hall–Kier alpha value is -3.91. The van der Waals surface area contributed by atoms with Crippen LogP contribution in [0.25, 0.3) is 22.2 Å². The fraction of sp³-hybridized carbons (Fsp3) is 0.208. The minimum Gasteiger partial charge on any atom is -0.397 e. The SMILES string of the molecule is Cc1nc(-c2cc3cc[nH]c(=O)c3c(Nc3ccc(N4CCOCC4)cc3)n2)ccc1N. The maximum absolute atomic E-state index is 12.6. The third-order valence-corrected chi connectivity index (χ3v) is 5.65. The molecule has 8 heteroatoms. The molecule has 0 bridgehead atoms. The van der Waals surface area contributed by atoms with Gasteiger partial charge in [0.15, 0.2) is 0 Å². The Morgan fingerprint density at radius 2 is 1.81 bits per heavy atom. The third-order valence-electron chi connectivity index (χ3n) is 5.65. The Balaban J connectivity index is 1.53. The van der Waals surface area contributed by atoms with Gasteiger partial charge in [-0.25, -0.2) is 9.97 Å². The van der Waals surface area contributed by atoms with Crippen molar-refractivity contribution < 1.29 is 4.74 Å². The molecule has 0 aliphatic carbocycles. The number of hydrogen-bond donors (Lipinski definition) is 3. The van der Waals surface area contributed by atoms with E-state index in [9.17, 15) is 4.79 Å². The maximum atomic E-state index is 12.6. The lowest BCUT2D eigenvalue weighted by Crippen LogP contribution is -2.36. The Labute approximate surface area is 185 Å². The molecule has 162 valence electrons. The normalized spacial score (nSPS) is 14.0. The molecule has 5 rings (SSSR count). The number of H-pyrrole nitrogens is 1. The van der Waals surface area contributed by atoms with Crippen LogP contribution in [0.4, 0.5) is 22.9 Å². The maximum Gasteiger partial charge on any atom is 0.259 e. The average Bonchev–Trinajstić information content (AvgIpc) is 2.82. The number of nitrogens with two attached hydrogens (primary N) is 1. The van der Waals surface area contributed by atoms with Gasteiger partial charge in [-0.1, -0.05) is 0 Å². The summed E-state index contributed by atoms with van der Waals surface area (Å²) in [5.74, 6) is 0.481. The number of pyridine rings is 3. The molecule has 4 heterocycles. The minimum atomic E-state index is -0.199. The smallest absolute Gasteiger partial charge is 0.259 e. The van der Waals surface area contributed by atoms with Gasteiger partial charge in [0.1, 0.15) is 5.82 Å². The van der Waals surface area contributed by atoms with Gasteiger partial charge >= 0.3 is 0 Å². The van der Waals surface area contributed by atoms with E-state index in [4.69, 9.17) is 15.5 Å². The lowest BCUT2D eigenvalue weighted by molar-refractivity contribution is 0.122. The number of morpholine rings is 1. The summed E-state index contributed by atoms with van der Waals surface area (Å²) in [6.07, 6.45) is 1.64. The van der Waals surface area contributed by atoms with Crippen molar-refractivity contribution in [3.05, 3.63) is 70.8 Å². The Bertz CT molecular complexity index is 1330. The first kappa shape index (κ1) is 20.0. The molecule has 4 N–H and O–H groups in total. The van der Waals surface area contributed by atoms with Crippen molar-refractivity contribution in [3.8, 4) is 11.4 Å². The number of anilines is 4. The fourth-order valence-corrected chi connectivity index (χ4v) is 3.86. The lowest BCUT2D eigenvalue weighted by atomic mass is 10.1. The second kappa shape index (κ2) is 8.32. The standard InChI is InChI=1S/C24H24N6O2/c1-15-19(25)6-7-20(27-15)21-14-16-8-9-26-24(31)22(16)23(29-21)28-17-2-4-18(5-3-17)30-10-12-32-13-11-30/h2-9,14H,10-13,25H2,1H3,(H,26,31)(H,28,29). The van der Waals surface area contributed by atoms with Crippen molar-refractivity contribution in [1.82, 2.24) is 15.0 Å². The van der Waals surface area contributed by atoms with Crippen LogP contribution in [0.15, 0.2) is 59.5 Å². The first-order valence-corrected chi connectivity index (χ1v) is 10.5. The molecule has 0 spiro atoms. The van der Waals surface area contributed by atoms with E-state index in [0.29, 0.717) is 28.3 Å². The first-order valence-electron chi connectivity index (χ1n) is 10.5. The van der Waals surface area contributed by atoms with Gasteiger partial charge in [0, 0.05) is 30.7 Å². The van der Waals surface area contributed by atoms with E-state index in [-0.39, 0.29) is 5.56 Å². The lowest BCUT2D eigenvalue weighted by Gasteiger charge is -2.28. The highest BCUT2D eigenvalue weighted by Crippen LogP contribution is 2.28. The average molecular weight is 428 g/mol. The predicted molar refractivity (Wildman–Crippen MR) is 128 cm³/mol. The molecular formula is C24H24N6O2. The second-order valence-electron chi connectivity index (χ2n) is 7.77. The first-order chi connectivity index (χ1) is 15.6. The van der Waals surface area contributed by atoms with Crippen molar-refractivity contribution in [2.45, 2.75) is 6.92 Å². The zero-order valence-corrected chi connectivity index (χ0v) is 17.8. The molecule has 0 saturated carbocycles. The quantitative estimate of drug-likeness (QED) is 0.457. The van der Waals surface area contributed by atoms with Crippen LogP contribution in [0, 0.1) is 6.92 Å². The van der Waals surface area contributed by atoms with Crippen molar-refractivity contribution in [2.24, 2.45) is 0 Å². The summed E-state index contributed by atoms with van der Waals surface area (Å²) >= 11 is 0. The number of aryl methyl sites for hydroxylation is 1. The summed E-state index contributed by atoms with van der Waals surface area (Å²) in [7, 11) is 0. The van der Waals surface area contributed by atoms with Crippen molar-refractivity contribution in [3.63, 3.8) is 0 Å². The van der Waals surface area contributed by atoms with Crippen molar-refractivity contribution in [2.75, 3.05) is 42.3 Å². The van der Waals surface area contributed by atoms with Crippen LogP contribution < -0.4 is 21.5 Å². The summed E-state index contributed by atoms with van der Waals surface area (Å²) in [6, 6.07) is 15.5. The van der Waals surface area contributed by atoms with Gasteiger partial charge in [0.2, 0.25) is 0 Å². The molecule has 1 saturated heterocycles. The van der Waals surface area contributed by atoms with Crippen LogP contribution in [-0.2, 0) is 4.74 Å². The minimum absolute atomic E-state index is 0.199. The van der Waals surface area contributed by atoms with Gasteiger partial charge in [-0.15, -0.1) is 0 Å². The summed E-state index contributed by atoms with van der Waals surface area (Å²) in [5, 5.41) is 4.61. The summed E-state index contributed by atoms with van der Waals surface area (Å²) in [4.78, 5) is 27.0.